The number of fused-ring (bicyclic) bond motifs is 1. The number of anilines is 1. The molecule has 1 aromatic heterocycles. The molecule has 0 spiro atoms. The predicted octanol–water partition coefficient (Wildman–Crippen LogP) is 2.91. The van der Waals surface area contributed by atoms with Crippen LogP contribution in [-0.4, -0.2) is 35.7 Å². The number of nitrogens with zero attached hydrogens (tertiary/aromatic N) is 2. The highest BCUT2D eigenvalue weighted by molar-refractivity contribution is 5.89. The first kappa shape index (κ1) is 15.1. The Balaban J connectivity index is 1.68. The third-order valence-electron chi connectivity index (χ3n) is 3.56. The molecule has 0 bridgehead atoms. The maximum absolute atomic E-state index is 12.4. The van der Waals surface area contributed by atoms with Crippen LogP contribution < -0.4 is 14.8 Å². The highest BCUT2D eigenvalue weighted by Crippen LogP contribution is 2.31. The quantitative estimate of drug-likeness (QED) is 0.942. The van der Waals surface area contributed by atoms with Crippen molar-refractivity contribution < 1.29 is 14.3 Å². The number of hydrogen-bond donors (Lipinski definition) is 1. The molecule has 3 rings (SSSR count). The van der Waals surface area contributed by atoms with E-state index in [4.69, 9.17) is 9.47 Å². The van der Waals surface area contributed by atoms with Crippen molar-refractivity contribution in [3.8, 4) is 11.5 Å². The van der Waals surface area contributed by atoms with Gasteiger partial charge < -0.3 is 19.7 Å². The normalized spacial score (nSPS) is 12.6. The Morgan fingerprint density at radius 1 is 1.26 bits per heavy atom. The lowest BCUT2D eigenvalue weighted by molar-refractivity contribution is 0.171. The Hall–Kier alpha value is -2.76. The number of hydrogen-bond acceptors (Lipinski definition) is 4. The van der Waals surface area contributed by atoms with Gasteiger partial charge in [-0.05, 0) is 36.8 Å². The molecular formula is C17H19N3O3. The van der Waals surface area contributed by atoms with E-state index in [0.717, 1.165) is 17.1 Å². The van der Waals surface area contributed by atoms with Gasteiger partial charge in [-0.15, -0.1) is 0 Å². The van der Waals surface area contributed by atoms with Crippen LogP contribution in [0.2, 0.25) is 0 Å². The van der Waals surface area contributed by atoms with Gasteiger partial charge in [0.2, 0.25) is 0 Å². The molecule has 0 fully saturated rings. The van der Waals surface area contributed by atoms with Crippen molar-refractivity contribution in [2.45, 2.75) is 13.5 Å². The summed E-state index contributed by atoms with van der Waals surface area (Å²) in [6.45, 7) is 4.16. The number of nitrogens with one attached hydrogen (secondary N) is 1. The van der Waals surface area contributed by atoms with E-state index in [-0.39, 0.29) is 6.03 Å². The predicted molar refractivity (Wildman–Crippen MR) is 86.8 cm³/mol. The number of benzene rings is 1. The van der Waals surface area contributed by atoms with Crippen LogP contribution in [0.5, 0.6) is 11.5 Å². The Morgan fingerprint density at radius 2 is 2.09 bits per heavy atom. The molecule has 6 heteroatoms. The molecule has 1 aromatic carbocycles. The summed E-state index contributed by atoms with van der Waals surface area (Å²) >= 11 is 0. The SMILES string of the molecule is CCN(Cc1ccc2c(c1)OCCO2)C(=O)Nc1cccnc1. The van der Waals surface area contributed by atoms with Gasteiger partial charge in [0.1, 0.15) is 13.2 Å². The second-order valence-corrected chi connectivity index (χ2v) is 5.16. The minimum absolute atomic E-state index is 0.157. The smallest absolute Gasteiger partial charge is 0.322 e. The lowest BCUT2D eigenvalue weighted by Crippen LogP contribution is -2.34. The molecule has 1 aliphatic rings. The molecule has 2 aromatic rings. The lowest BCUT2D eigenvalue weighted by Gasteiger charge is -2.23. The average Bonchev–Trinajstić information content (AvgIpc) is 2.60. The fourth-order valence-electron chi connectivity index (χ4n) is 2.37. The molecule has 23 heavy (non-hydrogen) atoms. The third-order valence-corrected chi connectivity index (χ3v) is 3.56. The minimum atomic E-state index is -0.157. The molecule has 1 N–H and O–H groups in total. The zero-order chi connectivity index (χ0) is 16.1. The van der Waals surface area contributed by atoms with Gasteiger partial charge in [0.05, 0.1) is 11.9 Å². The molecule has 120 valence electrons. The van der Waals surface area contributed by atoms with Crippen LogP contribution in [0.25, 0.3) is 0 Å². The molecule has 1 aliphatic heterocycles. The zero-order valence-corrected chi connectivity index (χ0v) is 13.0. The van der Waals surface area contributed by atoms with E-state index in [9.17, 15) is 4.79 Å². The standard InChI is InChI=1S/C17H19N3O3/c1-2-20(17(21)19-14-4-3-7-18-11-14)12-13-5-6-15-16(10-13)23-9-8-22-15/h3-7,10-11H,2,8-9,12H2,1H3,(H,19,21). The van der Waals surface area contributed by atoms with Crippen molar-refractivity contribution in [1.29, 1.82) is 0 Å². The van der Waals surface area contributed by atoms with E-state index >= 15 is 0 Å². The zero-order valence-electron chi connectivity index (χ0n) is 13.0. The first-order chi connectivity index (χ1) is 11.3. The van der Waals surface area contributed by atoms with Gasteiger partial charge in [-0.1, -0.05) is 6.07 Å². The van der Waals surface area contributed by atoms with Crippen LogP contribution in [0.15, 0.2) is 42.7 Å². The molecular weight excluding hydrogens is 294 g/mol. The van der Waals surface area contributed by atoms with Crippen molar-refractivity contribution in [3.05, 3.63) is 48.3 Å². The van der Waals surface area contributed by atoms with Crippen LogP contribution in [0.4, 0.5) is 10.5 Å². The molecule has 2 heterocycles. The molecule has 0 atom stereocenters. The lowest BCUT2D eigenvalue weighted by atomic mass is 10.2. The fourth-order valence-corrected chi connectivity index (χ4v) is 2.37. The summed E-state index contributed by atoms with van der Waals surface area (Å²) in [5.41, 5.74) is 1.68. The number of urea groups is 1. The van der Waals surface area contributed by atoms with Crippen molar-refractivity contribution >= 4 is 11.7 Å². The number of amides is 2. The average molecular weight is 313 g/mol. The molecule has 0 radical (unpaired) electrons. The summed E-state index contributed by atoms with van der Waals surface area (Å²) in [4.78, 5) is 18.1. The van der Waals surface area contributed by atoms with E-state index < -0.39 is 0 Å². The van der Waals surface area contributed by atoms with Crippen molar-refractivity contribution in [1.82, 2.24) is 9.88 Å². The van der Waals surface area contributed by atoms with Gasteiger partial charge in [-0.25, -0.2) is 4.79 Å². The summed E-state index contributed by atoms with van der Waals surface area (Å²) in [6, 6.07) is 9.20. The third kappa shape index (κ3) is 3.71. The van der Waals surface area contributed by atoms with Crippen LogP contribution in [0, 0.1) is 0 Å². The topological polar surface area (TPSA) is 63.7 Å². The summed E-state index contributed by atoms with van der Waals surface area (Å²) in [7, 11) is 0. The summed E-state index contributed by atoms with van der Waals surface area (Å²) in [6.07, 6.45) is 3.29. The maximum atomic E-state index is 12.4. The minimum Gasteiger partial charge on any atom is -0.486 e. The van der Waals surface area contributed by atoms with E-state index in [2.05, 4.69) is 10.3 Å². The number of aromatic nitrogens is 1. The van der Waals surface area contributed by atoms with E-state index in [0.29, 0.717) is 32.0 Å². The van der Waals surface area contributed by atoms with Gasteiger partial charge in [0.25, 0.3) is 0 Å². The molecule has 2 amide bonds. The van der Waals surface area contributed by atoms with Crippen molar-refractivity contribution in [2.75, 3.05) is 25.1 Å². The summed E-state index contributed by atoms with van der Waals surface area (Å²) in [5, 5.41) is 2.84. The number of rotatable bonds is 4. The summed E-state index contributed by atoms with van der Waals surface area (Å²) in [5.74, 6) is 1.49. The number of carbonyl (C=O) groups excluding carboxylic acids is 1. The molecule has 6 nitrogen and oxygen atoms in total. The van der Waals surface area contributed by atoms with Gasteiger partial charge in [-0.3, -0.25) is 4.98 Å². The van der Waals surface area contributed by atoms with Crippen LogP contribution in [0.1, 0.15) is 12.5 Å². The van der Waals surface area contributed by atoms with Crippen LogP contribution in [-0.2, 0) is 6.54 Å². The monoisotopic (exact) mass is 313 g/mol. The molecule has 0 saturated heterocycles. The van der Waals surface area contributed by atoms with Gasteiger partial charge >= 0.3 is 6.03 Å². The molecule has 0 aliphatic carbocycles. The highest BCUT2D eigenvalue weighted by atomic mass is 16.6. The number of ether oxygens (including phenoxy) is 2. The van der Waals surface area contributed by atoms with E-state index in [1.165, 1.54) is 0 Å². The molecule has 0 unspecified atom stereocenters. The van der Waals surface area contributed by atoms with Crippen molar-refractivity contribution in [2.24, 2.45) is 0 Å². The van der Waals surface area contributed by atoms with Gasteiger partial charge in [0.15, 0.2) is 11.5 Å². The summed E-state index contributed by atoms with van der Waals surface area (Å²) < 4.78 is 11.1. The van der Waals surface area contributed by atoms with E-state index in [1.807, 2.05) is 31.2 Å². The first-order valence-electron chi connectivity index (χ1n) is 7.60. The first-order valence-corrected chi connectivity index (χ1v) is 7.60. The Kier molecular flexibility index (Phi) is 4.61. The number of pyridine rings is 1. The highest BCUT2D eigenvalue weighted by Gasteiger charge is 2.16. The second kappa shape index (κ2) is 7.00. The maximum Gasteiger partial charge on any atom is 0.322 e. The molecule has 0 saturated carbocycles. The van der Waals surface area contributed by atoms with Gasteiger partial charge in [-0.2, -0.15) is 0 Å². The van der Waals surface area contributed by atoms with Gasteiger partial charge in [0, 0.05) is 19.3 Å². The Labute approximate surface area is 135 Å². The number of carbonyl (C=O) groups is 1. The van der Waals surface area contributed by atoms with Crippen molar-refractivity contribution in [3.63, 3.8) is 0 Å². The van der Waals surface area contributed by atoms with Crippen LogP contribution >= 0.6 is 0 Å². The Morgan fingerprint density at radius 3 is 2.83 bits per heavy atom. The fraction of sp³-hybridized carbons (Fsp3) is 0.294. The largest absolute Gasteiger partial charge is 0.486 e. The Bertz CT molecular complexity index is 676. The van der Waals surface area contributed by atoms with E-state index in [1.54, 1.807) is 23.4 Å². The second-order valence-electron chi connectivity index (χ2n) is 5.16. The van der Waals surface area contributed by atoms with Crippen LogP contribution in [0.3, 0.4) is 0 Å².